The molecule has 0 aromatic heterocycles. The Balaban J connectivity index is 1.23. The van der Waals surface area contributed by atoms with E-state index in [-0.39, 0.29) is 37.9 Å². The summed E-state index contributed by atoms with van der Waals surface area (Å²) in [7, 11) is 0. The first-order valence-electron chi connectivity index (χ1n) is 15.1. The van der Waals surface area contributed by atoms with Gasteiger partial charge in [0, 0.05) is 50.5 Å². The molecule has 0 unspecified atom stereocenters. The van der Waals surface area contributed by atoms with E-state index in [0.717, 1.165) is 54.7 Å². The number of ether oxygens (including phenoxy) is 5. The molecule has 2 amide bonds. The Kier molecular flexibility index (Phi) is 10.7. The van der Waals surface area contributed by atoms with Crippen LogP contribution in [0.5, 0.6) is 0 Å². The van der Waals surface area contributed by atoms with E-state index in [1.807, 2.05) is 48.5 Å². The van der Waals surface area contributed by atoms with Gasteiger partial charge in [0.2, 0.25) is 0 Å². The lowest BCUT2D eigenvalue weighted by atomic mass is 9.89. The Labute approximate surface area is 252 Å². The van der Waals surface area contributed by atoms with Gasteiger partial charge < -0.3 is 44.3 Å². The molecule has 3 heterocycles. The molecule has 0 aliphatic carbocycles. The molecule has 0 radical (unpaired) electrons. The predicted octanol–water partition coefficient (Wildman–Crippen LogP) is 3.17. The number of hydrogen-bond acceptors (Lipinski definition) is 9. The fourth-order valence-corrected chi connectivity index (χ4v) is 5.85. The van der Waals surface area contributed by atoms with Crippen molar-refractivity contribution in [3.05, 3.63) is 70.8 Å². The quantitative estimate of drug-likeness (QED) is 0.354. The van der Waals surface area contributed by atoms with Gasteiger partial charge in [-0.25, -0.2) is 4.79 Å². The molecule has 5 rings (SSSR count). The Morgan fingerprint density at radius 2 is 1.60 bits per heavy atom. The van der Waals surface area contributed by atoms with Gasteiger partial charge in [-0.05, 0) is 23.6 Å². The van der Waals surface area contributed by atoms with Crippen LogP contribution in [-0.4, -0.2) is 79.9 Å². The smallest absolute Gasteiger partial charge is 0.325 e. The Hall–Kier alpha value is -3.06. The van der Waals surface area contributed by atoms with Crippen LogP contribution < -0.4 is 10.6 Å². The number of esters is 1. The minimum absolute atomic E-state index is 0.00609. The van der Waals surface area contributed by atoms with Crippen LogP contribution >= 0.6 is 0 Å². The first-order valence-corrected chi connectivity index (χ1v) is 15.1. The van der Waals surface area contributed by atoms with Crippen molar-refractivity contribution >= 4 is 12.0 Å². The summed E-state index contributed by atoms with van der Waals surface area (Å²) >= 11 is 0. The molecule has 4 atom stereocenters. The third kappa shape index (κ3) is 8.11. The maximum atomic E-state index is 12.1. The molecular weight excluding hydrogens is 554 g/mol. The van der Waals surface area contributed by atoms with Gasteiger partial charge in [-0.15, -0.1) is 0 Å². The van der Waals surface area contributed by atoms with E-state index in [1.165, 1.54) is 0 Å². The van der Waals surface area contributed by atoms with Crippen LogP contribution in [0.4, 0.5) is 4.79 Å². The third-order valence-electron chi connectivity index (χ3n) is 8.40. The standard InChI is InChI=1S/C32H43N3O8/c1-3-39-28(37)19-34-31(38)33-18-23-4-10-26(11-5-23)30-42-27(20-35-14-12-32(13-15-35)40-16-17-41-32)22(2)29(43-30)25-8-6-24(21-36)7-9-25/h4-11,22,27,29-30,36H,3,12-21H2,1-2H3,(H2,33,34,38)/t22-,27+,29+,30+/m1/s1. The molecule has 3 fully saturated rings. The van der Waals surface area contributed by atoms with Gasteiger partial charge in [0.15, 0.2) is 12.1 Å². The molecule has 3 N–H and O–H groups in total. The molecule has 11 heteroatoms. The number of piperidine rings is 1. The topological polar surface area (TPSA) is 128 Å². The van der Waals surface area contributed by atoms with E-state index < -0.39 is 24.1 Å². The van der Waals surface area contributed by atoms with E-state index in [2.05, 4.69) is 22.5 Å². The summed E-state index contributed by atoms with van der Waals surface area (Å²) in [6, 6.07) is 15.2. The van der Waals surface area contributed by atoms with Gasteiger partial charge in [-0.1, -0.05) is 55.5 Å². The zero-order chi connectivity index (χ0) is 30.2. The summed E-state index contributed by atoms with van der Waals surface area (Å²) in [6.07, 6.45) is 0.840. The van der Waals surface area contributed by atoms with Gasteiger partial charge >= 0.3 is 12.0 Å². The van der Waals surface area contributed by atoms with E-state index in [9.17, 15) is 14.7 Å². The van der Waals surface area contributed by atoms with Crippen molar-refractivity contribution in [2.75, 3.05) is 46.0 Å². The van der Waals surface area contributed by atoms with E-state index in [4.69, 9.17) is 23.7 Å². The lowest BCUT2D eigenvalue weighted by Crippen LogP contribution is -2.50. The number of benzene rings is 2. The van der Waals surface area contributed by atoms with Crippen molar-refractivity contribution in [1.29, 1.82) is 0 Å². The molecular formula is C32H43N3O8. The summed E-state index contributed by atoms with van der Waals surface area (Å²) in [4.78, 5) is 25.9. The number of urea groups is 1. The number of carbonyl (C=O) groups excluding carboxylic acids is 2. The molecule has 2 aromatic rings. The number of hydrogen-bond donors (Lipinski definition) is 3. The number of rotatable bonds is 10. The number of likely N-dealkylation sites (tertiary alicyclic amines) is 1. The van der Waals surface area contributed by atoms with Crippen molar-refractivity contribution in [2.45, 2.75) is 64.1 Å². The SMILES string of the molecule is CCOC(=O)CNC(=O)NCc1ccc([C@H]2O[C@@H](CN3CCC4(CC3)OCCO4)[C@@H](C)[C@@H](c3ccc(CO)cc3)O2)cc1. The zero-order valence-corrected chi connectivity index (χ0v) is 25.0. The number of amides is 2. The maximum absolute atomic E-state index is 12.1. The van der Waals surface area contributed by atoms with Crippen molar-refractivity contribution in [2.24, 2.45) is 5.92 Å². The molecule has 3 saturated heterocycles. The van der Waals surface area contributed by atoms with Crippen LogP contribution in [0.25, 0.3) is 0 Å². The third-order valence-corrected chi connectivity index (χ3v) is 8.40. The second-order valence-corrected chi connectivity index (χ2v) is 11.3. The van der Waals surface area contributed by atoms with Crippen LogP contribution in [0, 0.1) is 5.92 Å². The second-order valence-electron chi connectivity index (χ2n) is 11.3. The summed E-state index contributed by atoms with van der Waals surface area (Å²) in [5.74, 6) is -0.815. The summed E-state index contributed by atoms with van der Waals surface area (Å²) in [5, 5.41) is 14.8. The number of aliphatic hydroxyl groups is 1. The van der Waals surface area contributed by atoms with Gasteiger partial charge in [0.05, 0.1) is 38.6 Å². The highest BCUT2D eigenvalue weighted by Crippen LogP contribution is 2.42. The highest BCUT2D eigenvalue weighted by molar-refractivity contribution is 5.80. The van der Waals surface area contributed by atoms with E-state index in [1.54, 1.807) is 6.92 Å². The fourth-order valence-electron chi connectivity index (χ4n) is 5.85. The molecule has 43 heavy (non-hydrogen) atoms. The minimum atomic E-state index is -0.573. The van der Waals surface area contributed by atoms with E-state index >= 15 is 0 Å². The molecule has 3 aliphatic heterocycles. The molecule has 3 aliphatic rings. The second kappa shape index (κ2) is 14.6. The van der Waals surface area contributed by atoms with Gasteiger partial charge in [0.25, 0.3) is 0 Å². The minimum Gasteiger partial charge on any atom is -0.465 e. The Morgan fingerprint density at radius 1 is 0.953 bits per heavy atom. The van der Waals surface area contributed by atoms with Crippen molar-refractivity contribution in [1.82, 2.24) is 15.5 Å². The largest absolute Gasteiger partial charge is 0.465 e. The molecule has 2 aromatic carbocycles. The lowest BCUT2D eigenvalue weighted by Gasteiger charge is -2.44. The molecule has 0 bridgehead atoms. The normalized spacial score (nSPS) is 25.4. The monoisotopic (exact) mass is 597 g/mol. The number of aliphatic hydroxyl groups excluding tert-OH is 1. The number of carbonyl (C=O) groups is 2. The molecule has 1 spiro atoms. The van der Waals surface area contributed by atoms with Crippen molar-refractivity contribution in [3.8, 4) is 0 Å². The van der Waals surface area contributed by atoms with E-state index in [0.29, 0.717) is 19.8 Å². The average molecular weight is 598 g/mol. The lowest BCUT2D eigenvalue weighted by molar-refractivity contribution is -0.278. The summed E-state index contributed by atoms with van der Waals surface area (Å²) in [5.41, 5.74) is 3.68. The first kappa shape index (κ1) is 31.4. The van der Waals surface area contributed by atoms with Gasteiger partial charge in [0.1, 0.15) is 6.54 Å². The molecule has 0 saturated carbocycles. The summed E-state index contributed by atoms with van der Waals surface area (Å²) in [6.45, 7) is 8.11. The Bertz CT molecular complexity index is 1190. The Morgan fingerprint density at radius 3 is 2.26 bits per heavy atom. The zero-order valence-electron chi connectivity index (χ0n) is 25.0. The van der Waals surface area contributed by atoms with Gasteiger partial charge in [-0.2, -0.15) is 0 Å². The maximum Gasteiger partial charge on any atom is 0.325 e. The van der Waals surface area contributed by atoms with Crippen molar-refractivity contribution < 1.29 is 38.4 Å². The first-order chi connectivity index (χ1) is 20.9. The number of nitrogens with one attached hydrogen (secondary N) is 2. The van der Waals surface area contributed by atoms with Crippen molar-refractivity contribution in [3.63, 3.8) is 0 Å². The van der Waals surface area contributed by atoms with Crippen LogP contribution in [0.3, 0.4) is 0 Å². The molecule has 11 nitrogen and oxygen atoms in total. The van der Waals surface area contributed by atoms with Crippen LogP contribution in [-0.2, 0) is 41.6 Å². The van der Waals surface area contributed by atoms with Crippen LogP contribution in [0.1, 0.15) is 61.3 Å². The summed E-state index contributed by atoms with van der Waals surface area (Å²) < 4.78 is 29.9. The van der Waals surface area contributed by atoms with Crippen LogP contribution in [0.2, 0.25) is 0 Å². The number of nitrogens with zero attached hydrogens (tertiary/aromatic N) is 1. The van der Waals surface area contributed by atoms with Gasteiger partial charge in [-0.3, -0.25) is 4.79 Å². The highest BCUT2D eigenvalue weighted by atomic mass is 16.7. The fraction of sp³-hybridized carbons (Fsp3) is 0.562. The predicted molar refractivity (Wildman–Crippen MR) is 157 cm³/mol. The average Bonchev–Trinajstić information content (AvgIpc) is 3.49. The highest BCUT2D eigenvalue weighted by Gasteiger charge is 2.43. The molecule has 234 valence electrons. The van der Waals surface area contributed by atoms with Crippen LogP contribution in [0.15, 0.2) is 48.5 Å².